The molecule has 1 aromatic rings. The molecule has 0 amide bonds. The van der Waals surface area contributed by atoms with Gasteiger partial charge < -0.3 is 14.6 Å². The van der Waals surface area contributed by atoms with Crippen LogP contribution in [0.3, 0.4) is 0 Å². The Morgan fingerprint density at radius 3 is 3.00 bits per heavy atom. The third-order valence-electron chi connectivity index (χ3n) is 4.47. The van der Waals surface area contributed by atoms with E-state index in [1.54, 1.807) is 6.92 Å². The van der Waals surface area contributed by atoms with Gasteiger partial charge in [-0.25, -0.2) is 9.65 Å². The monoisotopic (exact) mass is 435 g/mol. The van der Waals surface area contributed by atoms with Gasteiger partial charge in [-0.1, -0.05) is 0 Å². The molecule has 2 aliphatic heterocycles. The molecule has 0 saturated carbocycles. The number of nitrogens with one attached hydrogen (secondary N) is 2. The van der Waals surface area contributed by atoms with Gasteiger partial charge in [-0.3, -0.25) is 28.2 Å². The van der Waals surface area contributed by atoms with Crippen LogP contribution in [0.1, 0.15) is 27.0 Å². The maximum atomic E-state index is 12.9. The molecule has 2 unspecified atom stereocenters. The maximum absolute atomic E-state index is 12.9. The number of hydrogen-bond donors (Lipinski definition) is 3. The van der Waals surface area contributed by atoms with Crippen molar-refractivity contribution in [2.45, 2.75) is 50.8 Å². The summed E-state index contributed by atoms with van der Waals surface area (Å²) in [4.78, 5) is 25.6. The summed E-state index contributed by atoms with van der Waals surface area (Å²) < 4.78 is 35.9. The van der Waals surface area contributed by atoms with Gasteiger partial charge in [0.1, 0.15) is 23.9 Å². The second-order valence-corrected chi connectivity index (χ2v) is 8.80. The van der Waals surface area contributed by atoms with Crippen LogP contribution in [0.2, 0.25) is 0 Å². The number of hydrogen-bond acceptors (Lipinski definition) is 9. The number of nitrogens with zero attached hydrogens (tertiary/aromatic N) is 1. The third-order valence-corrected chi connectivity index (χ3v) is 6.48. The van der Waals surface area contributed by atoms with Crippen molar-refractivity contribution in [1.82, 2.24) is 14.6 Å². The van der Waals surface area contributed by atoms with Crippen LogP contribution in [-0.2, 0) is 27.9 Å². The van der Waals surface area contributed by atoms with Crippen molar-refractivity contribution < 1.29 is 33.0 Å². The number of esters is 1. The molecule has 1 aromatic heterocycles. The minimum atomic E-state index is -3.92. The fraction of sp³-hybridized carbons (Fsp3) is 0.667. The largest absolute Gasteiger partial charge is 0.465 e. The number of aromatic nitrogens is 2. The first kappa shape index (κ1) is 21.3. The second-order valence-electron chi connectivity index (χ2n) is 6.69. The summed E-state index contributed by atoms with van der Waals surface area (Å²) in [6.07, 6.45) is -1.40. The van der Waals surface area contributed by atoms with E-state index in [9.17, 15) is 19.3 Å². The standard InChI is InChI=1S/C15H22N3O8PS/c1-4-23-12(20)8(2)17-27(22)24-7-9-11(26-27)15(3,21)13(25-9)18-6-5-10(19)16-14(18)28/h5-6,8-9,11,13,21H,4,7H2,1-3H3,(H,17,22)(H,16,19,28)/t8-,9+,11?,13+,15+,27?/m0/s1. The van der Waals surface area contributed by atoms with Gasteiger partial charge in [-0.05, 0) is 33.0 Å². The predicted molar refractivity (Wildman–Crippen MR) is 98.1 cm³/mol. The molecule has 0 radical (unpaired) electrons. The van der Waals surface area contributed by atoms with E-state index >= 15 is 0 Å². The highest BCUT2D eigenvalue weighted by Crippen LogP contribution is 2.55. The predicted octanol–water partition coefficient (Wildman–Crippen LogP) is 0.619. The molecule has 3 heterocycles. The molecule has 156 valence electrons. The van der Waals surface area contributed by atoms with Crippen molar-refractivity contribution in [3.05, 3.63) is 27.4 Å². The highest BCUT2D eigenvalue weighted by atomic mass is 32.1. The number of carbonyl (C=O) groups excluding carboxylic acids is 1. The Morgan fingerprint density at radius 2 is 2.36 bits per heavy atom. The fourth-order valence-electron chi connectivity index (χ4n) is 3.13. The van der Waals surface area contributed by atoms with Gasteiger partial charge in [0.2, 0.25) is 0 Å². The van der Waals surface area contributed by atoms with Crippen molar-refractivity contribution in [1.29, 1.82) is 0 Å². The maximum Gasteiger partial charge on any atom is 0.406 e. The summed E-state index contributed by atoms with van der Waals surface area (Å²) in [7, 11) is -3.92. The quantitative estimate of drug-likeness (QED) is 0.342. The van der Waals surface area contributed by atoms with E-state index < -0.39 is 49.4 Å². The molecule has 0 spiro atoms. The Bertz CT molecular complexity index is 915. The van der Waals surface area contributed by atoms with Crippen molar-refractivity contribution in [3.8, 4) is 0 Å². The van der Waals surface area contributed by atoms with E-state index in [0.717, 1.165) is 0 Å². The number of H-pyrrole nitrogens is 1. The molecular formula is C15H22N3O8PS. The number of ether oxygens (including phenoxy) is 2. The smallest absolute Gasteiger partial charge is 0.406 e. The average molecular weight is 435 g/mol. The molecule has 2 saturated heterocycles. The lowest BCUT2D eigenvalue weighted by atomic mass is 9.96. The Morgan fingerprint density at radius 1 is 1.64 bits per heavy atom. The highest BCUT2D eigenvalue weighted by molar-refractivity contribution is 7.71. The summed E-state index contributed by atoms with van der Waals surface area (Å²) in [5.41, 5.74) is -2.05. The van der Waals surface area contributed by atoms with Gasteiger partial charge in [0.15, 0.2) is 11.0 Å². The molecule has 13 heteroatoms. The molecule has 6 atom stereocenters. The van der Waals surface area contributed by atoms with E-state index in [0.29, 0.717) is 0 Å². The molecule has 3 rings (SSSR count). The molecule has 2 fully saturated rings. The number of aliphatic hydroxyl groups is 1. The van der Waals surface area contributed by atoms with Gasteiger partial charge in [0.25, 0.3) is 5.56 Å². The third kappa shape index (κ3) is 3.99. The van der Waals surface area contributed by atoms with Crippen molar-refractivity contribution in [2.24, 2.45) is 0 Å². The van der Waals surface area contributed by atoms with Crippen LogP contribution in [0.25, 0.3) is 0 Å². The van der Waals surface area contributed by atoms with Crippen LogP contribution >= 0.6 is 20.0 Å². The molecule has 0 aromatic carbocycles. The van der Waals surface area contributed by atoms with Crippen LogP contribution in [0.5, 0.6) is 0 Å². The summed E-state index contributed by atoms with van der Waals surface area (Å²) in [6, 6.07) is 0.292. The van der Waals surface area contributed by atoms with Crippen molar-refractivity contribution in [2.75, 3.05) is 13.2 Å². The Labute approximate surface area is 165 Å². The Kier molecular flexibility index (Phi) is 5.93. The molecule has 11 nitrogen and oxygen atoms in total. The first-order valence-corrected chi connectivity index (χ1v) is 10.6. The average Bonchev–Trinajstić information content (AvgIpc) is 2.85. The van der Waals surface area contributed by atoms with E-state index in [4.69, 9.17) is 30.7 Å². The van der Waals surface area contributed by atoms with Gasteiger partial charge in [0.05, 0.1) is 13.2 Å². The van der Waals surface area contributed by atoms with Gasteiger partial charge in [0, 0.05) is 12.3 Å². The molecule has 2 aliphatic rings. The zero-order valence-electron chi connectivity index (χ0n) is 15.5. The minimum absolute atomic E-state index is 0.0505. The van der Waals surface area contributed by atoms with E-state index in [1.165, 1.54) is 30.7 Å². The number of carbonyl (C=O) groups is 1. The number of aromatic amines is 1. The zero-order chi connectivity index (χ0) is 20.7. The summed E-state index contributed by atoms with van der Waals surface area (Å²) in [6.45, 7) is 4.58. The SMILES string of the molecule is CCOC(=O)[C@H](C)NP1(=O)OC[C@H]2O[C@@H](n3ccc(=O)[nH]c3=S)[C@](C)(O)C2O1. The number of fused-ring (bicyclic) bond motifs is 1. The van der Waals surface area contributed by atoms with Gasteiger partial charge in [-0.15, -0.1) is 0 Å². The second kappa shape index (κ2) is 7.79. The highest BCUT2D eigenvalue weighted by Gasteiger charge is 2.59. The van der Waals surface area contributed by atoms with E-state index in [2.05, 4.69) is 10.1 Å². The summed E-state index contributed by atoms with van der Waals surface area (Å²) >= 11 is 5.13. The van der Waals surface area contributed by atoms with Crippen LogP contribution < -0.4 is 10.6 Å². The van der Waals surface area contributed by atoms with Crippen LogP contribution in [0.15, 0.2) is 17.1 Å². The van der Waals surface area contributed by atoms with Gasteiger partial charge >= 0.3 is 13.7 Å². The van der Waals surface area contributed by atoms with Crippen molar-refractivity contribution >= 4 is 25.9 Å². The van der Waals surface area contributed by atoms with E-state index in [1.807, 2.05) is 0 Å². The zero-order valence-corrected chi connectivity index (χ0v) is 17.2. The lowest BCUT2D eigenvalue weighted by Crippen LogP contribution is -2.49. The van der Waals surface area contributed by atoms with Crippen LogP contribution in [0.4, 0.5) is 0 Å². The lowest BCUT2D eigenvalue weighted by molar-refractivity contribution is -0.145. The summed E-state index contributed by atoms with van der Waals surface area (Å²) in [5, 5.41) is 13.5. The molecule has 28 heavy (non-hydrogen) atoms. The van der Waals surface area contributed by atoms with E-state index in [-0.39, 0.29) is 18.0 Å². The number of rotatable bonds is 5. The van der Waals surface area contributed by atoms with Gasteiger partial charge in [-0.2, -0.15) is 0 Å². The first-order chi connectivity index (χ1) is 13.1. The fourth-order valence-corrected chi connectivity index (χ4v) is 5.15. The van der Waals surface area contributed by atoms with Crippen molar-refractivity contribution in [3.63, 3.8) is 0 Å². The molecular weight excluding hydrogens is 413 g/mol. The Balaban J connectivity index is 1.81. The molecule has 3 N–H and O–H groups in total. The molecule has 0 aliphatic carbocycles. The van der Waals surface area contributed by atoms with Crippen LogP contribution in [0, 0.1) is 4.77 Å². The lowest BCUT2D eigenvalue weighted by Gasteiger charge is -2.36. The topological polar surface area (TPSA) is 141 Å². The summed E-state index contributed by atoms with van der Waals surface area (Å²) in [5.74, 6) is -0.612. The normalized spacial score (nSPS) is 35.9. The van der Waals surface area contributed by atoms with Crippen LogP contribution in [-0.4, -0.2) is 57.7 Å². The minimum Gasteiger partial charge on any atom is -0.465 e. The Hall–Kier alpha value is -1.40. The first-order valence-electron chi connectivity index (χ1n) is 8.64. The molecule has 0 bridgehead atoms.